The highest BCUT2D eigenvalue weighted by Gasteiger charge is 2.18. The van der Waals surface area contributed by atoms with Gasteiger partial charge in [-0.25, -0.2) is 13.4 Å². The SMILES string of the molecule is CS(=O)(=O)c1ccc(-c2c(-c3ccccc3)nc3sc(Br)cn23)cc1. The summed E-state index contributed by atoms with van der Waals surface area (Å²) in [5.74, 6) is 0. The average molecular weight is 433 g/mol. The number of thiazole rings is 1. The van der Waals surface area contributed by atoms with Crippen LogP contribution in [-0.4, -0.2) is 24.1 Å². The molecule has 2 heterocycles. The van der Waals surface area contributed by atoms with Crippen molar-refractivity contribution in [1.29, 1.82) is 0 Å². The molecule has 0 saturated heterocycles. The van der Waals surface area contributed by atoms with E-state index >= 15 is 0 Å². The van der Waals surface area contributed by atoms with Crippen LogP contribution in [0.4, 0.5) is 0 Å². The molecule has 0 aliphatic carbocycles. The zero-order valence-electron chi connectivity index (χ0n) is 13.2. The molecule has 25 heavy (non-hydrogen) atoms. The summed E-state index contributed by atoms with van der Waals surface area (Å²) in [5.41, 5.74) is 3.77. The molecule has 0 aliphatic heterocycles. The Hall–Kier alpha value is -1.96. The van der Waals surface area contributed by atoms with Gasteiger partial charge in [0, 0.05) is 23.6 Å². The number of sulfone groups is 1. The molecule has 0 spiro atoms. The summed E-state index contributed by atoms with van der Waals surface area (Å²) in [4.78, 5) is 5.98. The minimum atomic E-state index is -3.22. The highest BCUT2D eigenvalue weighted by Crippen LogP contribution is 2.36. The molecule has 0 saturated carbocycles. The van der Waals surface area contributed by atoms with Crippen LogP contribution in [-0.2, 0) is 9.84 Å². The lowest BCUT2D eigenvalue weighted by atomic mass is 10.1. The summed E-state index contributed by atoms with van der Waals surface area (Å²) in [6.45, 7) is 0. The molecule has 0 bridgehead atoms. The second-order valence-corrected chi connectivity index (χ2v) is 10.1. The van der Waals surface area contributed by atoms with Gasteiger partial charge < -0.3 is 0 Å². The molecule has 0 N–H and O–H groups in total. The zero-order valence-corrected chi connectivity index (χ0v) is 16.4. The first-order chi connectivity index (χ1) is 11.9. The normalized spacial score (nSPS) is 11.9. The Kier molecular flexibility index (Phi) is 4.02. The Labute approximate surface area is 157 Å². The van der Waals surface area contributed by atoms with Crippen LogP contribution in [0.1, 0.15) is 0 Å². The number of aromatic nitrogens is 2. The number of hydrogen-bond donors (Lipinski definition) is 0. The Morgan fingerprint density at radius 2 is 1.68 bits per heavy atom. The van der Waals surface area contributed by atoms with Crippen molar-refractivity contribution in [3.63, 3.8) is 0 Å². The smallest absolute Gasteiger partial charge is 0.195 e. The number of fused-ring (bicyclic) bond motifs is 1. The van der Waals surface area contributed by atoms with E-state index in [1.807, 2.05) is 53.1 Å². The van der Waals surface area contributed by atoms with Gasteiger partial charge in [-0.3, -0.25) is 4.40 Å². The molecule has 4 nitrogen and oxygen atoms in total. The fourth-order valence-corrected chi connectivity index (χ4v) is 4.73. The Morgan fingerprint density at radius 3 is 2.32 bits per heavy atom. The third-order valence-corrected chi connectivity index (χ3v) is 6.49. The number of nitrogens with zero attached hydrogens (tertiary/aromatic N) is 2. The van der Waals surface area contributed by atoms with Gasteiger partial charge in [-0.1, -0.05) is 53.8 Å². The van der Waals surface area contributed by atoms with Crippen LogP contribution >= 0.6 is 27.3 Å². The van der Waals surface area contributed by atoms with Crippen molar-refractivity contribution in [1.82, 2.24) is 9.38 Å². The maximum absolute atomic E-state index is 11.7. The molecule has 4 rings (SSSR count). The van der Waals surface area contributed by atoms with E-state index < -0.39 is 9.84 Å². The number of halogens is 1. The van der Waals surface area contributed by atoms with Crippen molar-refractivity contribution in [3.8, 4) is 22.5 Å². The summed E-state index contributed by atoms with van der Waals surface area (Å²) >= 11 is 5.06. The standard InChI is InChI=1S/C18H13BrN2O2S2/c1-25(22,23)14-9-7-13(8-10-14)17-16(12-5-3-2-4-6-12)20-18-21(17)11-15(19)24-18/h2-11H,1H3. The van der Waals surface area contributed by atoms with E-state index in [1.165, 1.54) is 6.26 Å². The van der Waals surface area contributed by atoms with Crippen LogP contribution < -0.4 is 0 Å². The largest absolute Gasteiger partial charge is 0.288 e. The fourth-order valence-electron chi connectivity index (χ4n) is 2.75. The maximum atomic E-state index is 11.7. The first-order valence-corrected chi connectivity index (χ1v) is 11.0. The number of imidazole rings is 1. The molecule has 0 atom stereocenters. The van der Waals surface area contributed by atoms with Crippen LogP contribution in [0.25, 0.3) is 27.5 Å². The van der Waals surface area contributed by atoms with Crippen molar-refractivity contribution in [2.75, 3.05) is 6.26 Å². The van der Waals surface area contributed by atoms with Gasteiger partial charge in [-0.2, -0.15) is 0 Å². The van der Waals surface area contributed by atoms with Crippen LogP contribution in [0.5, 0.6) is 0 Å². The summed E-state index contributed by atoms with van der Waals surface area (Å²) in [5, 5.41) is 0. The number of hydrogen-bond acceptors (Lipinski definition) is 4. The highest BCUT2D eigenvalue weighted by molar-refractivity contribution is 9.11. The van der Waals surface area contributed by atoms with Gasteiger partial charge in [0.05, 0.1) is 20.1 Å². The molecule has 0 amide bonds. The minimum absolute atomic E-state index is 0.310. The molecule has 7 heteroatoms. The monoisotopic (exact) mass is 432 g/mol. The van der Waals surface area contributed by atoms with Crippen molar-refractivity contribution >= 4 is 42.1 Å². The molecule has 2 aromatic heterocycles. The average Bonchev–Trinajstić information content (AvgIpc) is 3.11. The Balaban J connectivity index is 1.96. The van der Waals surface area contributed by atoms with Gasteiger partial charge in [-0.05, 0) is 28.1 Å². The van der Waals surface area contributed by atoms with E-state index in [1.54, 1.807) is 23.5 Å². The van der Waals surface area contributed by atoms with Crippen molar-refractivity contribution < 1.29 is 8.42 Å². The van der Waals surface area contributed by atoms with E-state index in [4.69, 9.17) is 4.98 Å². The Bertz CT molecular complexity index is 1160. The van der Waals surface area contributed by atoms with Crippen LogP contribution in [0.3, 0.4) is 0 Å². The fraction of sp³-hybridized carbons (Fsp3) is 0.0556. The molecule has 2 aromatic carbocycles. The topological polar surface area (TPSA) is 51.4 Å². The molecule has 0 aliphatic rings. The molecule has 0 unspecified atom stereocenters. The second-order valence-electron chi connectivity index (χ2n) is 5.66. The molecule has 126 valence electrons. The van der Waals surface area contributed by atoms with Gasteiger partial charge in [-0.15, -0.1) is 0 Å². The predicted molar refractivity (Wildman–Crippen MR) is 105 cm³/mol. The lowest BCUT2D eigenvalue weighted by Gasteiger charge is -2.06. The van der Waals surface area contributed by atoms with Gasteiger partial charge >= 0.3 is 0 Å². The predicted octanol–water partition coefficient (Wildman–Crippen LogP) is 4.90. The van der Waals surface area contributed by atoms with Crippen LogP contribution in [0.15, 0.2) is 69.5 Å². The Morgan fingerprint density at radius 1 is 1.00 bits per heavy atom. The van der Waals surface area contributed by atoms with Crippen LogP contribution in [0, 0.1) is 0 Å². The van der Waals surface area contributed by atoms with Gasteiger partial charge in [0.1, 0.15) is 0 Å². The van der Waals surface area contributed by atoms with E-state index in [2.05, 4.69) is 15.9 Å². The molecule has 0 radical (unpaired) electrons. The third kappa shape index (κ3) is 3.03. The van der Waals surface area contributed by atoms with Gasteiger partial charge in [0.15, 0.2) is 14.8 Å². The first kappa shape index (κ1) is 16.5. The molecule has 4 aromatic rings. The highest BCUT2D eigenvalue weighted by atomic mass is 79.9. The van der Waals surface area contributed by atoms with E-state index in [-0.39, 0.29) is 0 Å². The number of rotatable bonds is 3. The van der Waals surface area contributed by atoms with Crippen molar-refractivity contribution in [3.05, 3.63) is 64.6 Å². The lowest BCUT2D eigenvalue weighted by molar-refractivity contribution is 0.602. The second kappa shape index (κ2) is 6.09. The van der Waals surface area contributed by atoms with E-state index in [0.717, 1.165) is 31.3 Å². The summed E-state index contributed by atoms with van der Waals surface area (Å²) in [6.07, 6.45) is 3.20. The molecular weight excluding hydrogens is 420 g/mol. The van der Waals surface area contributed by atoms with Crippen LogP contribution in [0.2, 0.25) is 0 Å². The van der Waals surface area contributed by atoms with Gasteiger partial charge in [0.25, 0.3) is 0 Å². The van der Waals surface area contributed by atoms with Crippen molar-refractivity contribution in [2.24, 2.45) is 0 Å². The molecule has 0 fully saturated rings. The first-order valence-electron chi connectivity index (χ1n) is 7.47. The van der Waals surface area contributed by atoms with E-state index in [0.29, 0.717) is 4.90 Å². The summed E-state index contributed by atoms with van der Waals surface area (Å²) < 4.78 is 26.4. The summed E-state index contributed by atoms with van der Waals surface area (Å²) in [7, 11) is -3.22. The molecular formula is C18H13BrN2O2S2. The van der Waals surface area contributed by atoms with Crippen molar-refractivity contribution in [2.45, 2.75) is 4.90 Å². The number of benzene rings is 2. The quantitative estimate of drug-likeness (QED) is 0.462. The maximum Gasteiger partial charge on any atom is 0.195 e. The third-order valence-electron chi connectivity index (χ3n) is 3.90. The lowest BCUT2D eigenvalue weighted by Crippen LogP contribution is -1.96. The zero-order chi connectivity index (χ0) is 17.6. The van der Waals surface area contributed by atoms with E-state index in [9.17, 15) is 8.42 Å². The summed E-state index contributed by atoms with van der Waals surface area (Å²) in [6, 6.07) is 16.9. The van der Waals surface area contributed by atoms with Gasteiger partial charge in [0.2, 0.25) is 0 Å². The minimum Gasteiger partial charge on any atom is -0.288 e.